The van der Waals surface area contributed by atoms with E-state index in [-0.39, 0.29) is 105 Å². The maximum atomic E-state index is 11.8. The van der Waals surface area contributed by atoms with Crippen molar-refractivity contribution < 1.29 is 161 Å². The summed E-state index contributed by atoms with van der Waals surface area (Å²) < 4.78 is 31.8. The van der Waals surface area contributed by atoms with Crippen molar-refractivity contribution in [1.82, 2.24) is 35.6 Å². The molecule has 0 saturated heterocycles. The third kappa shape index (κ3) is 46.5. The number of methoxy groups -OCH3 is 3. The topological polar surface area (TPSA) is 685 Å². The van der Waals surface area contributed by atoms with Crippen molar-refractivity contribution in [3.05, 3.63) is 237 Å². The third-order valence-corrected chi connectivity index (χ3v) is 16.9. The number of carboxylic acids is 2. The number of aromatic nitrogens is 5. The molecule has 0 saturated carbocycles. The number of hydrogen-bond donors (Lipinski definition) is 15. The van der Waals surface area contributed by atoms with E-state index >= 15 is 0 Å². The summed E-state index contributed by atoms with van der Waals surface area (Å²) in [7, 11) is 7.80. The van der Waals surface area contributed by atoms with Crippen LogP contribution in [-0.2, 0) is 94.2 Å². The number of ketones is 2. The van der Waals surface area contributed by atoms with E-state index in [0.29, 0.717) is 39.9 Å². The molecule has 6 unspecified atom stereocenters. The van der Waals surface area contributed by atoms with Gasteiger partial charge in [0.15, 0.2) is 24.4 Å². The predicted molar refractivity (Wildman–Crippen MR) is 470 cm³/mol. The Hall–Kier alpha value is -9.98. The first-order chi connectivity index (χ1) is 58.2. The Bertz CT molecular complexity index is 5390. The Balaban J connectivity index is -0.000000441. The van der Waals surface area contributed by atoms with Crippen LogP contribution in [0.3, 0.4) is 0 Å². The van der Waals surface area contributed by atoms with E-state index in [4.69, 9.17) is 119 Å². The summed E-state index contributed by atoms with van der Waals surface area (Å²) >= 11 is 29.7. The van der Waals surface area contributed by atoms with Gasteiger partial charge in [0, 0.05) is 212 Å². The number of Topliss-reactive ketones (excluding diaryl/α,β-unsaturated/α-hetero) is 2. The van der Waals surface area contributed by atoms with Gasteiger partial charge in [-0.2, -0.15) is 0 Å². The van der Waals surface area contributed by atoms with E-state index < -0.39 is 95.3 Å². The number of esters is 3. The van der Waals surface area contributed by atoms with Gasteiger partial charge in [0.2, 0.25) is 53.4 Å². The summed E-state index contributed by atoms with van der Waals surface area (Å²) in [4.78, 5) is 143. The molecular weight excluding hydrogens is 1890 g/mol. The number of rotatable bonds is 18. The second-order valence-corrected chi connectivity index (χ2v) is 29.6. The minimum atomic E-state index is -3.19. The maximum absolute atomic E-state index is 11.8. The van der Waals surface area contributed by atoms with E-state index in [0.717, 1.165) is 149 Å². The fourth-order valence-corrected chi connectivity index (χ4v) is 11.6. The molecule has 43 nitrogen and oxygen atoms in total. The molecule has 0 amide bonds. The number of aliphatic hydroxyl groups excluding tert-OH is 5. The molecule has 10 aromatic rings. The maximum Gasteiger partial charge on any atom is 1.00 e. The summed E-state index contributed by atoms with van der Waals surface area (Å²) in [5, 5.41) is 119. The third-order valence-electron chi connectivity index (χ3n) is 15.8. The van der Waals surface area contributed by atoms with Crippen LogP contribution in [0, 0.1) is 50.6 Å². The molecular formula is C74H93AlCl6LiN13O30SZn. The standard InChI is InChI=1S/C13H13ClN2O2.C12H11ClN2O3.2C12H13ClN2O.C8H6ClN.C4H7NO5.C4H5NO4.C3H5NO5.C2H2O3.CH3ClO2S.CH3NO2.2CH4O.Al.Li.Zn.4H/c1-18-13(17)9-5-15-6-11-12(9)8-4-7(14)2-3-10(8)16-11;1-7(16)11(6-15(17)18)10-5-14-12-3-2-8(13)4-9(10)12;13-8-1-2-10-9(3-8)12-7(6-16)4-14-5-11(12)15-10;1-7(16)10(5-14)11-6-15-12-3-2-8(13)4-9(11)12;9-7-1-2-8-6(5-7)3-4-10-8;1-10-4(7)3(6)2-5(8)9;1-9-4(6)2-3-5(7)8;5-2(3(6)7)1-4(8)9;3-1-2(4)5;1-5(2,3)4;1-2(3)4;2*1-2;;;;;;;/h2-4,9,15-16H,5-6H2,1H3;2-5,11,14H,6H2,1H3;1-3,7,14-16H,4-6H2;2-4,6,10,15H,5,14H2,1H3;1-5,10H;3,6H,2H2,1H3;2-3H,1H3;2,5H,1H2,(H,6,7);1H,(H,4,5);1H3;1H3;2*2H,1H3;;;;;;;/q;;;;;;;;;;;;;;+1;;;;;-1/b;;;;;;3-2+;;;;;;;;;;;;;. The number of halogens is 6. The molecule has 0 aliphatic carbocycles. The average Bonchev–Trinajstić information content (AvgIpc) is 1.62. The summed E-state index contributed by atoms with van der Waals surface area (Å²) in [6.07, 6.45) is 3.85. The number of aliphatic carboxylic acids is 2. The summed E-state index contributed by atoms with van der Waals surface area (Å²) in [6, 6.07) is 30.1. The van der Waals surface area contributed by atoms with Gasteiger partial charge in [-0.3, -0.25) is 69.7 Å². The average molecular weight is 1990 g/mol. The number of nitrogens with two attached hydrogens (primary N) is 1. The Morgan fingerprint density at radius 3 is 1.33 bits per heavy atom. The fraction of sp³-hybridized carbons (Fsp3) is 0.324. The molecule has 688 valence electrons. The number of carbonyl (C=O) groups excluding carboxylic acids is 6. The monoisotopic (exact) mass is 1980 g/mol. The Morgan fingerprint density at radius 1 is 0.591 bits per heavy atom. The van der Waals surface area contributed by atoms with Crippen LogP contribution in [0.4, 0.5) is 0 Å². The number of carbonyl (C=O) groups is 8. The number of nitro groups is 5. The van der Waals surface area contributed by atoms with Gasteiger partial charge < -0.3 is 92.7 Å². The SMILES string of the molecule is CC(=O)C(CN)c1c[nH]c2ccc(Cl)cc12.CC(=O)C(C[N+](=O)[O-])c1c[nH]c2ccc(Cl)cc12.CO.CO.COC(=O)/C=C/[N+](=O)[O-].COC(=O)C(O)C[N+](=O)[O-].COC(=O)C1CNCc2[nH]c3ccc(Cl)cc3c21.CS(=O)(=O)Cl.C[N+](=O)[O-].Clc1ccc2[nH]ccc2c1.O=C(O)C(O)C[N+](=O)[O-].O=CC(=O)O.OCC1CNCc2[nH]c3ccc(Cl)cc3c21.[AlH3].[H-].[Li+].[Zn]. The Labute approximate surface area is 788 Å². The van der Waals surface area contributed by atoms with Crippen LogP contribution >= 0.6 is 68.7 Å². The van der Waals surface area contributed by atoms with Gasteiger partial charge in [0.25, 0.3) is 0 Å². The zero-order valence-electron chi connectivity index (χ0n) is 69.7. The number of aliphatic hydroxyl groups is 5. The summed E-state index contributed by atoms with van der Waals surface area (Å²) in [6.45, 7) is 4.21. The molecule has 0 radical (unpaired) electrons. The van der Waals surface area contributed by atoms with Gasteiger partial charge in [0.05, 0.1) is 57.0 Å². The molecule has 0 spiro atoms. The van der Waals surface area contributed by atoms with Crippen LogP contribution in [0.5, 0.6) is 0 Å². The first kappa shape index (κ1) is 123. The van der Waals surface area contributed by atoms with Crippen molar-refractivity contribution in [2.24, 2.45) is 5.73 Å². The number of nitrogens with one attached hydrogen (secondary N) is 7. The van der Waals surface area contributed by atoms with Crippen molar-refractivity contribution in [3.63, 3.8) is 0 Å². The number of fused-ring (bicyclic) bond motifs is 9. The van der Waals surface area contributed by atoms with Crippen LogP contribution in [0.15, 0.2) is 128 Å². The van der Waals surface area contributed by atoms with Crippen LogP contribution in [0.2, 0.25) is 25.1 Å². The number of carboxylic acid groups (broad SMARTS) is 2. The molecule has 7 heterocycles. The van der Waals surface area contributed by atoms with Gasteiger partial charge in [-0.1, -0.05) is 58.0 Å². The summed E-state index contributed by atoms with van der Waals surface area (Å²) in [5.74, 6) is -6.21. The predicted octanol–water partition coefficient (Wildman–Crippen LogP) is 4.18. The Kier molecular flexibility index (Phi) is 62.8. The van der Waals surface area contributed by atoms with E-state index in [9.17, 15) is 82.7 Å². The minimum absolute atomic E-state index is 0. The number of aromatic amines is 5. The van der Waals surface area contributed by atoms with Gasteiger partial charge in [-0.05, 0) is 133 Å². The van der Waals surface area contributed by atoms with Gasteiger partial charge in [0.1, 0.15) is 17.5 Å². The minimum Gasteiger partial charge on any atom is -1.00 e. The number of aldehydes is 1. The number of H-pyrrole nitrogens is 5. The molecule has 2 aliphatic heterocycles. The van der Waals surface area contributed by atoms with Crippen molar-refractivity contribution in [3.8, 4) is 0 Å². The van der Waals surface area contributed by atoms with Crippen molar-refractivity contribution >= 4 is 197 Å². The number of hydrogen-bond acceptors (Lipinski definition) is 31. The van der Waals surface area contributed by atoms with Crippen LogP contribution in [0.1, 0.15) is 72.6 Å². The van der Waals surface area contributed by atoms with Crippen LogP contribution in [-0.4, -0.2) is 266 Å². The van der Waals surface area contributed by atoms with Gasteiger partial charge in [-0.15, -0.1) is 0 Å². The molecule has 127 heavy (non-hydrogen) atoms. The first-order valence-electron chi connectivity index (χ1n) is 34.9. The van der Waals surface area contributed by atoms with Crippen molar-refractivity contribution in [1.29, 1.82) is 0 Å². The number of benzene rings is 5. The van der Waals surface area contributed by atoms with Gasteiger partial charge in [-0.25, -0.2) is 27.6 Å². The normalized spacial score (nSPS) is 12.9. The smallest absolute Gasteiger partial charge is 1.00 e. The molecule has 6 atom stereocenters. The fourth-order valence-electron chi connectivity index (χ4n) is 10.7. The first-order valence-corrected chi connectivity index (χ1v) is 39.5. The molecule has 16 N–H and O–H groups in total. The van der Waals surface area contributed by atoms with Crippen LogP contribution < -0.4 is 35.2 Å². The van der Waals surface area contributed by atoms with E-state index in [1.54, 1.807) is 31.3 Å². The second-order valence-electron chi connectivity index (χ2n) is 24.4. The van der Waals surface area contributed by atoms with Gasteiger partial charge >= 0.3 is 48.7 Å². The quantitative estimate of drug-likeness (QED) is 0.00659. The van der Waals surface area contributed by atoms with Crippen molar-refractivity contribution in [2.75, 3.05) is 94.7 Å². The number of nitrogens with zero attached hydrogens (tertiary/aromatic N) is 5. The molecule has 5 aromatic carbocycles. The molecule has 0 bridgehead atoms. The van der Waals surface area contributed by atoms with E-state index in [1.807, 2.05) is 91.3 Å². The Morgan fingerprint density at radius 2 is 0.969 bits per heavy atom. The number of ether oxygens (including phenoxy) is 3. The van der Waals surface area contributed by atoms with Crippen molar-refractivity contribution in [2.45, 2.75) is 62.8 Å². The second kappa shape index (κ2) is 64.7. The molecule has 2 aliphatic rings. The molecule has 12 rings (SSSR count). The molecule has 5 aromatic heterocycles. The van der Waals surface area contributed by atoms with E-state index in [2.05, 4.69) is 55.7 Å². The summed E-state index contributed by atoms with van der Waals surface area (Å²) in [5.41, 5.74) is 16.6. The van der Waals surface area contributed by atoms with E-state index in [1.165, 1.54) is 25.3 Å². The molecule has 0 fully saturated rings. The largest absolute Gasteiger partial charge is 1.00 e. The zero-order chi connectivity index (χ0) is 95.0. The van der Waals surface area contributed by atoms with Crippen LogP contribution in [0.25, 0.3) is 54.5 Å². The molecule has 53 heteroatoms. The zero-order valence-corrected chi connectivity index (χ0v) is 77.1.